The first-order chi connectivity index (χ1) is 20.6. The molecule has 0 unspecified atom stereocenters. The molecular formula is C34H37N3O6. The first-order valence-corrected chi connectivity index (χ1v) is 14.7. The van der Waals surface area contributed by atoms with Gasteiger partial charge in [-0.05, 0) is 74.4 Å². The Balaban J connectivity index is 1.21. The number of ether oxygens (including phenoxy) is 2. The molecule has 43 heavy (non-hydrogen) atoms. The molecule has 9 heteroatoms. The molecule has 1 atom stereocenters. The summed E-state index contributed by atoms with van der Waals surface area (Å²) < 4.78 is 11.0. The maximum Gasteiger partial charge on any atom is 0.407 e. The molecule has 4 amide bonds. The summed E-state index contributed by atoms with van der Waals surface area (Å²) in [7, 11) is 0. The third-order valence-corrected chi connectivity index (χ3v) is 7.59. The normalized spacial score (nSPS) is 14.5. The second-order valence-electron chi connectivity index (χ2n) is 11.9. The van der Waals surface area contributed by atoms with Crippen molar-refractivity contribution in [2.45, 2.75) is 57.6 Å². The van der Waals surface area contributed by atoms with E-state index < -0.39 is 23.8 Å². The summed E-state index contributed by atoms with van der Waals surface area (Å²) in [4.78, 5) is 52.3. The van der Waals surface area contributed by atoms with E-state index in [1.165, 1.54) is 4.90 Å². The maximum atomic E-state index is 13.1. The third kappa shape index (κ3) is 6.88. The van der Waals surface area contributed by atoms with Crippen molar-refractivity contribution in [1.82, 2.24) is 15.5 Å². The average Bonchev–Trinajstić information content (AvgIpc) is 3.42. The lowest BCUT2D eigenvalue weighted by Crippen LogP contribution is -2.46. The molecule has 3 aromatic rings. The number of benzene rings is 3. The molecule has 0 saturated carbocycles. The van der Waals surface area contributed by atoms with E-state index in [2.05, 4.69) is 34.9 Å². The number of unbranched alkanes of at least 4 members (excludes halogenated alkanes) is 1. The highest BCUT2D eigenvalue weighted by molar-refractivity contribution is 6.21. The number of imide groups is 1. The van der Waals surface area contributed by atoms with Gasteiger partial charge in [-0.2, -0.15) is 0 Å². The lowest BCUT2D eigenvalue weighted by Gasteiger charge is -2.24. The smallest absolute Gasteiger partial charge is 0.407 e. The first-order valence-electron chi connectivity index (χ1n) is 14.7. The van der Waals surface area contributed by atoms with Gasteiger partial charge < -0.3 is 20.1 Å². The predicted molar refractivity (Wildman–Crippen MR) is 162 cm³/mol. The van der Waals surface area contributed by atoms with Gasteiger partial charge in [-0.1, -0.05) is 60.7 Å². The van der Waals surface area contributed by atoms with Crippen molar-refractivity contribution in [2.75, 3.05) is 19.7 Å². The van der Waals surface area contributed by atoms with Gasteiger partial charge in [0.2, 0.25) is 0 Å². The molecule has 0 bridgehead atoms. The van der Waals surface area contributed by atoms with Crippen LogP contribution in [-0.4, -0.2) is 60.2 Å². The highest BCUT2D eigenvalue weighted by atomic mass is 16.6. The molecule has 1 aliphatic carbocycles. The molecule has 0 spiro atoms. The van der Waals surface area contributed by atoms with Crippen molar-refractivity contribution in [3.63, 3.8) is 0 Å². The molecule has 2 aliphatic rings. The molecule has 224 valence electrons. The predicted octanol–water partition coefficient (Wildman–Crippen LogP) is 5.88. The topological polar surface area (TPSA) is 114 Å². The molecule has 2 N–H and O–H groups in total. The summed E-state index contributed by atoms with van der Waals surface area (Å²) in [5.41, 5.74) is 4.61. The summed E-state index contributed by atoms with van der Waals surface area (Å²) >= 11 is 0. The minimum Gasteiger partial charge on any atom is -0.449 e. The molecule has 5 rings (SSSR count). The fraction of sp³-hybridized carbons (Fsp3) is 0.353. The third-order valence-electron chi connectivity index (χ3n) is 7.59. The van der Waals surface area contributed by atoms with Gasteiger partial charge in [-0.3, -0.25) is 14.5 Å². The van der Waals surface area contributed by atoms with E-state index in [9.17, 15) is 19.2 Å². The minimum atomic E-state index is -0.615. The second-order valence-corrected chi connectivity index (χ2v) is 11.9. The fourth-order valence-corrected chi connectivity index (χ4v) is 5.66. The van der Waals surface area contributed by atoms with Crippen LogP contribution >= 0.6 is 0 Å². The van der Waals surface area contributed by atoms with E-state index in [4.69, 9.17) is 9.47 Å². The van der Waals surface area contributed by atoms with Crippen LogP contribution in [0.1, 0.15) is 77.8 Å². The van der Waals surface area contributed by atoms with Gasteiger partial charge in [-0.15, -0.1) is 0 Å². The van der Waals surface area contributed by atoms with Crippen molar-refractivity contribution in [2.24, 2.45) is 0 Å². The fourth-order valence-electron chi connectivity index (χ4n) is 5.66. The van der Waals surface area contributed by atoms with Crippen molar-refractivity contribution in [3.8, 4) is 11.1 Å². The first kappa shape index (κ1) is 29.8. The quantitative estimate of drug-likeness (QED) is 0.227. The van der Waals surface area contributed by atoms with Crippen molar-refractivity contribution in [3.05, 3.63) is 95.1 Å². The van der Waals surface area contributed by atoms with E-state index in [1.54, 1.807) is 45.0 Å². The van der Waals surface area contributed by atoms with Crippen LogP contribution in [0.4, 0.5) is 9.59 Å². The van der Waals surface area contributed by atoms with Crippen molar-refractivity contribution < 1.29 is 28.7 Å². The van der Waals surface area contributed by atoms with E-state index in [0.717, 1.165) is 22.3 Å². The molecule has 0 saturated heterocycles. The Kier molecular flexibility index (Phi) is 8.80. The lowest BCUT2D eigenvalue weighted by molar-refractivity contribution is 0.0524. The van der Waals surface area contributed by atoms with Crippen LogP contribution in [0.3, 0.4) is 0 Å². The largest absolute Gasteiger partial charge is 0.449 e. The number of fused-ring (bicyclic) bond motifs is 4. The minimum absolute atomic E-state index is 0.00996. The van der Waals surface area contributed by atoms with Crippen LogP contribution in [-0.2, 0) is 9.47 Å². The second kappa shape index (κ2) is 12.7. The number of carbonyl (C=O) groups excluding carboxylic acids is 4. The molecular weight excluding hydrogens is 546 g/mol. The molecule has 0 fully saturated rings. The Hall–Kier alpha value is -4.66. The average molecular weight is 584 g/mol. The summed E-state index contributed by atoms with van der Waals surface area (Å²) in [5, 5.41) is 5.62. The van der Waals surface area contributed by atoms with Crippen LogP contribution in [0.5, 0.6) is 0 Å². The summed E-state index contributed by atoms with van der Waals surface area (Å²) in [6, 6.07) is 22.4. The van der Waals surface area contributed by atoms with Gasteiger partial charge >= 0.3 is 12.2 Å². The highest BCUT2D eigenvalue weighted by Crippen LogP contribution is 2.44. The van der Waals surface area contributed by atoms with Gasteiger partial charge in [-0.25, -0.2) is 9.59 Å². The Morgan fingerprint density at radius 3 is 1.88 bits per heavy atom. The number of hydrogen-bond acceptors (Lipinski definition) is 6. The van der Waals surface area contributed by atoms with E-state index >= 15 is 0 Å². The van der Waals surface area contributed by atoms with E-state index in [-0.39, 0.29) is 30.9 Å². The van der Waals surface area contributed by atoms with Gasteiger partial charge in [0.05, 0.1) is 17.2 Å². The summed E-state index contributed by atoms with van der Waals surface area (Å²) in [6.07, 6.45) is 0.590. The zero-order valence-corrected chi connectivity index (χ0v) is 24.7. The van der Waals surface area contributed by atoms with Crippen LogP contribution in [0.15, 0.2) is 72.8 Å². The molecule has 1 aliphatic heterocycles. The van der Waals surface area contributed by atoms with Crippen LogP contribution in [0.25, 0.3) is 11.1 Å². The number of hydrogen-bond donors (Lipinski definition) is 2. The maximum absolute atomic E-state index is 13.1. The Bertz CT molecular complexity index is 1450. The van der Waals surface area contributed by atoms with Gasteiger partial charge in [0.25, 0.3) is 11.8 Å². The van der Waals surface area contributed by atoms with E-state index in [1.807, 2.05) is 24.3 Å². The zero-order chi connectivity index (χ0) is 30.6. The van der Waals surface area contributed by atoms with Crippen LogP contribution in [0, 0.1) is 0 Å². The Labute approximate surface area is 251 Å². The molecule has 0 radical (unpaired) electrons. The molecule has 1 heterocycles. The highest BCUT2D eigenvalue weighted by Gasteiger charge is 2.37. The number of carbonyl (C=O) groups is 4. The standard InChI is InChI=1S/C34H37N3O6/c1-34(2,3)43-32(40)35-19-11-10-12-22(20-37-30(38)27-17-8-9-18-28(27)31(37)39)36-33(41)42-21-29-25-15-6-4-13-23(25)24-14-5-7-16-26(24)29/h4-9,13-18,22,29H,10-12,19-21H2,1-3H3,(H,35,40)(H,36,41)/t22-/m0/s1. The summed E-state index contributed by atoms with van der Waals surface area (Å²) in [6.45, 7) is 5.94. The number of rotatable bonds is 10. The van der Waals surface area contributed by atoms with Crippen molar-refractivity contribution >= 4 is 24.0 Å². The van der Waals surface area contributed by atoms with Crippen LogP contribution < -0.4 is 10.6 Å². The molecule has 9 nitrogen and oxygen atoms in total. The number of nitrogens with zero attached hydrogens (tertiary/aromatic N) is 1. The van der Waals surface area contributed by atoms with E-state index in [0.29, 0.717) is 36.9 Å². The lowest BCUT2D eigenvalue weighted by atomic mass is 9.98. The molecule has 3 aromatic carbocycles. The number of alkyl carbamates (subject to hydrolysis) is 2. The monoisotopic (exact) mass is 583 g/mol. The van der Waals surface area contributed by atoms with Gasteiger partial charge in [0.1, 0.15) is 12.2 Å². The SMILES string of the molecule is CC(C)(C)OC(=O)NCCCC[C@@H](CN1C(=O)c2ccccc2C1=O)NC(=O)OCC1c2ccccc2-c2ccccc21. The molecule has 0 aromatic heterocycles. The number of amides is 4. The Morgan fingerprint density at radius 2 is 1.33 bits per heavy atom. The van der Waals surface area contributed by atoms with Gasteiger partial charge in [0.15, 0.2) is 0 Å². The van der Waals surface area contributed by atoms with Crippen molar-refractivity contribution in [1.29, 1.82) is 0 Å². The zero-order valence-electron chi connectivity index (χ0n) is 24.7. The summed E-state index contributed by atoms with van der Waals surface area (Å²) in [5.74, 6) is -0.857. The van der Waals surface area contributed by atoms with Gasteiger partial charge in [0, 0.05) is 19.0 Å². The van der Waals surface area contributed by atoms with Crippen LogP contribution in [0.2, 0.25) is 0 Å². The number of nitrogens with one attached hydrogen (secondary N) is 2. The Morgan fingerprint density at radius 1 is 0.791 bits per heavy atom.